The van der Waals surface area contributed by atoms with Crippen molar-refractivity contribution in [3.05, 3.63) is 59.4 Å². The lowest BCUT2D eigenvalue weighted by molar-refractivity contribution is -0.668. The summed E-state index contributed by atoms with van der Waals surface area (Å²) in [6.45, 7) is 0.689. The second-order valence-electron chi connectivity index (χ2n) is 7.54. The summed E-state index contributed by atoms with van der Waals surface area (Å²) in [6, 6.07) is 15.1. The average Bonchev–Trinajstić information content (AvgIpc) is 3.25. The Balaban J connectivity index is 1.68. The number of fused-ring (bicyclic) bond motifs is 2. The molecule has 2 aromatic carbocycles. The number of benzene rings is 2. The van der Waals surface area contributed by atoms with Crippen molar-refractivity contribution in [2.45, 2.75) is 19.4 Å². The summed E-state index contributed by atoms with van der Waals surface area (Å²) in [4.78, 5) is 1.85. The molecule has 4 rings (SSSR count). The van der Waals surface area contributed by atoms with Crippen molar-refractivity contribution in [2.24, 2.45) is 0 Å². The fraction of sp³-hybridized carbons (Fsp3) is 0.286. The van der Waals surface area contributed by atoms with Crippen LogP contribution in [0.5, 0.6) is 5.75 Å². The van der Waals surface area contributed by atoms with Crippen LogP contribution >= 0.6 is 11.3 Å². The number of rotatable bonds is 9. The lowest BCUT2D eigenvalue weighted by Gasteiger charge is -2.17. The number of anilines is 1. The summed E-state index contributed by atoms with van der Waals surface area (Å²) < 4.78 is 71.9. The number of nitrogens with zero attached hydrogens (tertiary/aromatic N) is 2. The van der Waals surface area contributed by atoms with Gasteiger partial charge >= 0.3 is 0 Å². The Morgan fingerprint density at radius 1 is 0.939 bits per heavy atom. The van der Waals surface area contributed by atoms with Gasteiger partial charge in [0, 0.05) is 19.0 Å². The Kier molecular flexibility index (Phi) is 6.73. The van der Waals surface area contributed by atoms with Gasteiger partial charge in [-0.1, -0.05) is 35.6 Å². The van der Waals surface area contributed by atoms with Gasteiger partial charge in [0.2, 0.25) is 11.4 Å². The van der Waals surface area contributed by atoms with Crippen LogP contribution in [0, 0.1) is 0 Å². The number of aryl methyl sites for hydroxylation is 1. The maximum Gasteiger partial charge on any atom is 0.268 e. The van der Waals surface area contributed by atoms with Crippen LogP contribution in [0.15, 0.2) is 54.4 Å². The van der Waals surface area contributed by atoms with Gasteiger partial charge in [-0.25, -0.2) is 0 Å². The molecule has 0 bridgehead atoms. The molecule has 9 nitrogen and oxygen atoms in total. The second kappa shape index (κ2) is 9.39. The van der Waals surface area contributed by atoms with Crippen LogP contribution in [0.4, 0.5) is 5.69 Å². The molecule has 33 heavy (non-hydrogen) atoms. The largest absolute Gasteiger partial charge is 0.438 e. The third-order valence-electron chi connectivity index (χ3n) is 5.09. The van der Waals surface area contributed by atoms with Crippen molar-refractivity contribution in [3.8, 4) is 5.75 Å². The summed E-state index contributed by atoms with van der Waals surface area (Å²) in [7, 11) is -8.14. The summed E-state index contributed by atoms with van der Waals surface area (Å²) in [6.07, 6.45) is 2.28. The zero-order chi connectivity index (χ0) is 23.6. The molecule has 3 aromatic rings. The van der Waals surface area contributed by atoms with Crippen molar-refractivity contribution >= 4 is 53.6 Å². The molecule has 0 amide bonds. The van der Waals surface area contributed by atoms with Gasteiger partial charge in [-0.3, -0.25) is 9.11 Å². The molecule has 0 unspecified atom stereocenters. The van der Waals surface area contributed by atoms with Gasteiger partial charge in [-0.05, 0) is 24.6 Å². The lowest BCUT2D eigenvalue weighted by Crippen LogP contribution is -2.36. The summed E-state index contributed by atoms with van der Waals surface area (Å²) >= 11 is 1.51. The first kappa shape index (κ1) is 23.6. The van der Waals surface area contributed by atoms with Crippen LogP contribution in [-0.2, 0) is 26.8 Å². The minimum absolute atomic E-state index is 0.203. The molecule has 0 atom stereocenters. The van der Waals surface area contributed by atoms with Crippen molar-refractivity contribution < 1.29 is 35.2 Å². The molecule has 2 heterocycles. The van der Waals surface area contributed by atoms with E-state index in [4.69, 9.17) is 13.8 Å². The molecule has 1 aliphatic heterocycles. The summed E-state index contributed by atoms with van der Waals surface area (Å²) in [5, 5.41) is 0.814. The van der Waals surface area contributed by atoms with Crippen molar-refractivity contribution in [2.75, 3.05) is 23.0 Å². The predicted molar refractivity (Wildman–Crippen MR) is 126 cm³/mol. The van der Waals surface area contributed by atoms with Crippen LogP contribution in [0.25, 0.3) is 16.3 Å². The van der Waals surface area contributed by atoms with Gasteiger partial charge in [-0.15, -0.1) is 0 Å². The highest BCUT2D eigenvalue weighted by molar-refractivity contribution is 7.86. The molecule has 12 heteroatoms. The van der Waals surface area contributed by atoms with Crippen molar-refractivity contribution in [1.82, 2.24) is 0 Å². The molecule has 1 aromatic heterocycles. The fourth-order valence-electron chi connectivity index (χ4n) is 3.70. The number of aromatic nitrogens is 1. The van der Waals surface area contributed by atoms with Gasteiger partial charge in [0.25, 0.3) is 25.2 Å². The first-order valence-electron chi connectivity index (χ1n) is 10.2. The Morgan fingerprint density at radius 2 is 1.61 bits per heavy atom. The first-order chi connectivity index (χ1) is 15.6. The maximum absolute atomic E-state index is 11.2. The number of para-hydroxylation sites is 3. The van der Waals surface area contributed by atoms with E-state index < -0.39 is 20.2 Å². The minimum atomic E-state index is -4.07. The fourth-order valence-corrected chi connectivity index (χ4v) is 5.80. The van der Waals surface area contributed by atoms with E-state index in [9.17, 15) is 16.8 Å². The smallest absolute Gasteiger partial charge is 0.268 e. The standard InChI is InChI=1S/C21H22N2O7S3/c24-32(25,26)13-5-11-22-16-7-1-3-9-18(16)30-20(22)15-21-23(12-6-14-33(27,28)29)17-8-2-4-10-19(17)31-21/h1-4,7-10,15H,5-6,11-14H2,(H-,24,25,26,27,28,29)/p+1. The molecular weight excluding hydrogens is 488 g/mol. The quantitative estimate of drug-likeness (QED) is 0.332. The third-order valence-corrected chi connectivity index (χ3v) is 7.81. The van der Waals surface area contributed by atoms with E-state index in [1.54, 1.807) is 0 Å². The molecule has 0 spiro atoms. The normalized spacial score (nSPS) is 15.2. The van der Waals surface area contributed by atoms with E-state index in [0.29, 0.717) is 24.7 Å². The van der Waals surface area contributed by atoms with Crippen LogP contribution in [0.3, 0.4) is 0 Å². The van der Waals surface area contributed by atoms with Gasteiger partial charge < -0.3 is 9.64 Å². The molecular formula is C21H23N2O7S3+. The van der Waals surface area contributed by atoms with Crippen LogP contribution < -0.4 is 14.2 Å². The average molecular weight is 512 g/mol. The van der Waals surface area contributed by atoms with Crippen molar-refractivity contribution in [1.29, 1.82) is 0 Å². The number of ether oxygens (including phenoxy) is 1. The Labute approximate surface area is 196 Å². The van der Waals surface area contributed by atoms with E-state index in [1.165, 1.54) is 11.3 Å². The van der Waals surface area contributed by atoms with Gasteiger partial charge in [0.05, 0.1) is 23.3 Å². The van der Waals surface area contributed by atoms with E-state index >= 15 is 0 Å². The zero-order valence-electron chi connectivity index (χ0n) is 17.5. The zero-order valence-corrected chi connectivity index (χ0v) is 19.9. The monoisotopic (exact) mass is 511 g/mol. The molecule has 0 saturated heterocycles. The van der Waals surface area contributed by atoms with E-state index in [0.717, 1.165) is 20.9 Å². The molecule has 0 fully saturated rings. The summed E-state index contributed by atoms with van der Waals surface area (Å²) in [5.41, 5.74) is 1.72. The summed E-state index contributed by atoms with van der Waals surface area (Å²) in [5.74, 6) is 0.428. The second-order valence-corrected chi connectivity index (χ2v) is 11.7. The highest BCUT2D eigenvalue weighted by Crippen LogP contribution is 2.39. The number of thiazole rings is 1. The van der Waals surface area contributed by atoms with E-state index in [1.807, 2.05) is 64.1 Å². The Bertz CT molecular complexity index is 1410. The lowest BCUT2D eigenvalue weighted by atomic mass is 10.2. The van der Waals surface area contributed by atoms with Crippen LogP contribution in [0.2, 0.25) is 0 Å². The number of hydrogen-bond donors (Lipinski definition) is 2. The SMILES string of the molecule is O=S(=O)(O)CCCN1/C(=C/c2sc3ccccc3[n+]2CCCS(=O)(=O)O)Oc2ccccc21. The highest BCUT2D eigenvalue weighted by Gasteiger charge is 2.29. The molecule has 0 aliphatic carbocycles. The highest BCUT2D eigenvalue weighted by atomic mass is 32.2. The number of hydrogen-bond acceptors (Lipinski definition) is 7. The van der Waals surface area contributed by atoms with Crippen LogP contribution in [0.1, 0.15) is 17.8 Å². The molecule has 1 aliphatic rings. The van der Waals surface area contributed by atoms with Crippen LogP contribution in [-0.4, -0.2) is 44.0 Å². The van der Waals surface area contributed by atoms with Gasteiger partial charge in [0.15, 0.2) is 12.3 Å². The molecule has 176 valence electrons. The Morgan fingerprint density at radius 3 is 2.36 bits per heavy atom. The topological polar surface area (TPSA) is 125 Å². The van der Waals surface area contributed by atoms with E-state index in [2.05, 4.69) is 0 Å². The molecule has 0 saturated carbocycles. The maximum atomic E-state index is 11.2. The van der Waals surface area contributed by atoms with Crippen molar-refractivity contribution in [3.63, 3.8) is 0 Å². The third kappa shape index (κ3) is 5.89. The van der Waals surface area contributed by atoms with Gasteiger partial charge in [0.1, 0.15) is 4.70 Å². The Hall–Kier alpha value is -2.51. The minimum Gasteiger partial charge on any atom is -0.438 e. The van der Waals surface area contributed by atoms with Gasteiger partial charge in [-0.2, -0.15) is 21.4 Å². The van der Waals surface area contributed by atoms with E-state index in [-0.39, 0.29) is 24.3 Å². The molecule has 0 radical (unpaired) electrons. The first-order valence-corrected chi connectivity index (χ1v) is 14.2. The predicted octanol–water partition coefficient (Wildman–Crippen LogP) is 2.94. The molecule has 2 N–H and O–H groups in total.